The topological polar surface area (TPSA) is 66.0 Å². The van der Waals surface area contributed by atoms with E-state index in [9.17, 15) is 17.6 Å². The highest BCUT2D eigenvalue weighted by molar-refractivity contribution is 6.04. The number of fused-ring (bicyclic) bond motifs is 3. The highest BCUT2D eigenvalue weighted by atomic mass is 19.3. The third-order valence-corrected chi connectivity index (χ3v) is 7.18. The molecular weight excluding hydrogens is 476 g/mol. The van der Waals surface area contributed by atoms with Gasteiger partial charge in [-0.1, -0.05) is 5.16 Å². The van der Waals surface area contributed by atoms with Crippen LogP contribution in [0.3, 0.4) is 0 Å². The largest absolute Gasteiger partial charge is 0.361 e. The number of pyridine rings is 1. The summed E-state index contributed by atoms with van der Waals surface area (Å²) in [6.45, 7) is 4.35. The Kier molecular flexibility index (Phi) is 6.26. The highest BCUT2D eigenvalue weighted by Gasteiger charge is 2.37. The first-order valence-corrected chi connectivity index (χ1v) is 12.1. The van der Waals surface area contributed by atoms with Crippen molar-refractivity contribution in [2.45, 2.75) is 77.9 Å². The number of nitrogens with zero attached hydrogens (tertiary/aromatic N) is 4. The summed E-state index contributed by atoms with van der Waals surface area (Å²) in [6, 6.07) is 3.48. The average molecular weight is 505 g/mol. The number of hydrogen-bond acceptors (Lipinski definition) is 5. The molecule has 1 atom stereocenters. The lowest BCUT2D eigenvalue weighted by Gasteiger charge is -2.29. The van der Waals surface area contributed by atoms with Gasteiger partial charge in [-0.3, -0.25) is 4.98 Å². The fourth-order valence-electron chi connectivity index (χ4n) is 5.41. The van der Waals surface area contributed by atoms with Gasteiger partial charge in [-0.2, -0.15) is 8.78 Å². The van der Waals surface area contributed by atoms with Crippen molar-refractivity contribution in [3.8, 4) is 11.1 Å². The SMILES string of the molecule is Cc1cc2c(cc1-c1c(C)noc1C)ncc1nc(C3CCC(F)(F)CC3)n([C@H](C)COC(F)F)c12. The molecule has 1 aliphatic rings. The van der Waals surface area contributed by atoms with Crippen LogP contribution in [-0.4, -0.2) is 38.8 Å². The van der Waals surface area contributed by atoms with Gasteiger partial charge in [0.1, 0.15) is 17.1 Å². The van der Waals surface area contributed by atoms with E-state index in [-0.39, 0.29) is 38.2 Å². The lowest BCUT2D eigenvalue weighted by atomic mass is 9.86. The predicted molar refractivity (Wildman–Crippen MR) is 128 cm³/mol. The first-order valence-electron chi connectivity index (χ1n) is 12.1. The molecule has 0 saturated heterocycles. The molecule has 1 aliphatic carbocycles. The number of rotatable bonds is 6. The van der Waals surface area contributed by atoms with E-state index in [1.807, 2.05) is 37.5 Å². The zero-order chi connectivity index (χ0) is 25.8. The molecule has 0 radical (unpaired) electrons. The number of aryl methyl sites for hydroxylation is 3. The fraction of sp³-hybridized carbons (Fsp3) is 0.500. The monoisotopic (exact) mass is 504 g/mol. The summed E-state index contributed by atoms with van der Waals surface area (Å²) in [7, 11) is 0. The van der Waals surface area contributed by atoms with Crippen LogP contribution in [0.2, 0.25) is 0 Å². The Morgan fingerprint density at radius 2 is 1.86 bits per heavy atom. The summed E-state index contributed by atoms with van der Waals surface area (Å²) in [5.41, 5.74) is 5.64. The van der Waals surface area contributed by atoms with E-state index >= 15 is 0 Å². The van der Waals surface area contributed by atoms with Crippen molar-refractivity contribution in [3.63, 3.8) is 0 Å². The van der Waals surface area contributed by atoms with E-state index in [1.165, 1.54) is 0 Å². The molecular formula is C26H28F4N4O2. The Hall–Kier alpha value is -3.01. The van der Waals surface area contributed by atoms with Gasteiger partial charge in [0.05, 0.1) is 35.6 Å². The predicted octanol–water partition coefficient (Wildman–Crippen LogP) is 7.26. The van der Waals surface area contributed by atoms with Crippen molar-refractivity contribution in [3.05, 3.63) is 41.2 Å². The molecule has 1 saturated carbocycles. The van der Waals surface area contributed by atoms with Crippen molar-refractivity contribution in [2.24, 2.45) is 0 Å². The number of ether oxygens (including phenoxy) is 1. The molecule has 0 amide bonds. The maximum absolute atomic E-state index is 13.9. The van der Waals surface area contributed by atoms with Gasteiger partial charge in [0.2, 0.25) is 5.92 Å². The molecule has 0 unspecified atom stereocenters. The van der Waals surface area contributed by atoms with Gasteiger partial charge < -0.3 is 13.8 Å². The standard InChI is InChI=1S/C26H28F4N4O2/c1-13-9-19-20(10-18(13)22-15(3)33-36-16(22)4)31-11-21-23(19)34(14(2)12-35-25(27)28)24(32-21)17-5-7-26(29,30)8-6-17/h9-11,14,17,25H,5-8,12H2,1-4H3/t14-/m1/s1. The Morgan fingerprint density at radius 3 is 2.50 bits per heavy atom. The molecule has 192 valence electrons. The number of benzene rings is 1. The van der Waals surface area contributed by atoms with Gasteiger partial charge in [-0.15, -0.1) is 0 Å². The first kappa shape index (κ1) is 24.7. The molecule has 3 aromatic heterocycles. The first-order chi connectivity index (χ1) is 17.1. The third kappa shape index (κ3) is 4.36. The van der Waals surface area contributed by atoms with Crippen LogP contribution in [0.5, 0.6) is 0 Å². The second-order valence-electron chi connectivity index (χ2n) is 9.79. The second kappa shape index (κ2) is 9.14. The van der Waals surface area contributed by atoms with Crippen LogP contribution in [0.15, 0.2) is 22.9 Å². The summed E-state index contributed by atoms with van der Waals surface area (Å²) in [4.78, 5) is 9.44. The smallest absolute Gasteiger partial charge is 0.345 e. The van der Waals surface area contributed by atoms with Gasteiger partial charge in [0.25, 0.3) is 0 Å². The Morgan fingerprint density at radius 1 is 1.14 bits per heavy atom. The van der Waals surface area contributed by atoms with Crippen LogP contribution < -0.4 is 0 Å². The zero-order valence-corrected chi connectivity index (χ0v) is 20.6. The summed E-state index contributed by atoms with van der Waals surface area (Å²) in [6.07, 6.45) is 1.77. The number of imidazole rings is 1. The number of aromatic nitrogens is 4. The summed E-state index contributed by atoms with van der Waals surface area (Å²) >= 11 is 0. The van der Waals surface area contributed by atoms with E-state index in [1.54, 1.807) is 13.1 Å². The molecule has 0 bridgehead atoms. The molecule has 1 fully saturated rings. The molecule has 4 aromatic rings. The Bertz CT molecular complexity index is 1400. The maximum Gasteiger partial charge on any atom is 0.345 e. The van der Waals surface area contributed by atoms with E-state index in [4.69, 9.17) is 9.51 Å². The van der Waals surface area contributed by atoms with Crippen LogP contribution in [-0.2, 0) is 4.74 Å². The van der Waals surface area contributed by atoms with E-state index in [0.29, 0.717) is 22.6 Å². The molecule has 3 heterocycles. The van der Waals surface area contributed by atoms with Crippen molar-refractivity contribution in [1.29, 1.82) is 0 Å². The lowest BCUT2D eigenvalue weighted by molar-refractivity contribution is -0.135. The van der Waals surface area contributed by atoms with Crippen molar-refractivity contribution in [1.82, 2.24) is 19.7 Å². The molecule has 5 rings (SSSR count). The maximum atomic E-state index is 13.9. The minimum Gasteiger partial charge on any atom is -0.361 e. The normalized spacial score (nSPS) is 17.5. The van der Waals surface area contributed by atoms with Crippen molar-refractivity contribution >= 4 is 21.9 Å². The molecule has 0 aliphatic heterocycles. The van der Waals surface area contributed by atoms with Gasteiger partial charge in [0.15, 0.2) is 0 Å². The van der Waals surface area contributed by atoms with Crippen molar-refractivity contribution in [2.75, 3.05) is 6.61 Å². The van der Waals surface area contributed by atoms with Crippen LogP contribution >= 0.6 is 0 Å². The zero-order valence-electron chi connectivity index (χ0n) is 20.6. The molecule has 6 nitrogen and oxygen atoms in total. The minimum absolute atomic E-state index is 0.205. The average Bonchev–Trinajstić information content (AvgIpc) is 3.37. The third-order valence-electron chi connectivity index (χ3n) is 7.18. The summed E-state index contributed by atoms with van der Waals surface area (Å²) in [5, 5.41) is 4.87. The van der Waals surface area contributed by atoms with Gasteiger partial charge in [-0.05, 0) is 63.8 Å². The Labute approximate surface area is 205 Å². The molecule has 0 N–H and O–H groups in total. The number of hydrogen-bond donors (Lipinski definition) is 0. The van der Waals surface area contributed by atoms with Gasteiger partial charge >= 0.3 is 6.61 Å². The van der Waals surface area contributed by atoms with Gasteiger partial charge in [-0.25, -0.2) is 13.8 Å². The van der Waals surface area contributed by atoms with Crippen LogP contribution in [0.4, 0.5) is 17.6 Å². The summed E-state index contributed by atoms with van der Waals surface area (Å²) < 4.78 is 65.4. The molecule has 10 heteroatoms. The number of alkyl halides is 4. The quantitative estimate of drug-likeness (QED) is 0.259. The second-order valence-corrected chi connectivity index (χ2v) is 9.79. The molecule has 0 spiro atoms. The summed E-state index contributed by atoms with van der Waals surface area (Å²) in [5.74, 6) is -1.57. The Balaban J connectivity index is 1.69. The van der Waals surface area contributed by atoms with E-state index < -0.39 is 18.6 Å². The van der Waals surface area contributed by atoms with Crippen LogP contribution in [0.1, 0.15) is 67.4 Å². The van der Waals surface area contributed by atoms with Crippen molar-refractivity contribution < 1.29 is 26.8 Å². The van der Waals surface area contributed by atoms with Crippen LogP contribution in [0.25, 0.3) is 33.1 Å². The molecule has 36 heavy (non-hydrogen) atoms. The van der Waals surface area contributed by atoms with E-state index in [2.05, 4.69) is 14.9 Å². The fourth-order valence-corrected chi connectivity index (χ4v) is 5.41. The van der Waals surface area contributed by atoms with E-state index in [0.717, 1.165) is 33.3 Å². The minimum atomic E-state index is -2.91. The van der Waals surface area contributed by atoms with Crippen LogP contribution in [0, 0.1) is 20.8 Å². The lowest BCUT2D eigenvalue weighted by Crippen LogP contribution is -2.26. The highest BCUT2D eigenvalue weighted by Crippen LogP contribution is 2.43. The molecule has 1 aromatic carbocycles. The van der Waals surface area contributed by atoms with Gasteiger partial charge in [0, 0.05) is 29.7 Å². The number of halogens is 4.